The third-order valence-corrected chi connectivity index (χ3v) is 4.76. The van der Waals surface area contributed by atoms with Crippen molar-refractivity contribution >= 4 is 11.0 Å². The molecule has 2 aromatic rings. The lowest BCUT2D eigenvalue weighted by Gasteiger charge is -2.33. The molecule has 20 heavy (non-hydrogen) atoms. The molecule has 108 valence electrons. The van der Waals surface area contributed by atoms with E-state index in [1.54, 1.807) is 0 Å². The van der Waals surface area contributed by atoms with Crippen molar-refractivity contribution in [2.75, 3.05) is 6.54 Å². The Morgan fingerprint density at radius 3 is 2.85 bits per heavy atom. The summed E-state index contributed by atoms with van der Waals surface area (Å²) in [7, 11) is 0. The molecule has 0 amide bonds. The first kappa shape index (κ1) is 13.6. The van der Waals surface area contributed by atoms with E-state index in [1.807, 2.05) is 0 Å². The molecular weight excluding hydrogens is 246 g/mol. The van der Waals surface area contributed by atoms with Gasteiger partial charge in [0.2, 0.25) is 0 Å². The second kappa shape index (κ2) is 5.96. The molecule has 0 aliphatic heterocycles. The summed E-state index contributed by atoms with van der Waals surface area (Å²) in [6, 6.07) is 9.14. The van der Waals surface area contributed by atoms with Crippen LogP contribution in [-0.2, 0) is 6.42 Å². The van der Waals surface area contributed by atoms with E-state index in [4.69, 9.17) is 10.7 Å². The molecule has 1 aliphatic rings. The normalized spacial score (nSPS) is 23.3. The molecule has 1 aliphatic carbocycles. The van der Waals surface area contributed by atoms with E-state index >= 15 is 0 Å². The van der Waals surface area contributed by atoms with Crippen molar-refractivity contribution in [1.82, 2.24) is 9.55 Å². The van der Waals surface area contributed by atoms with Crippen LogP contribution in [0.1, 0.15) is 50.9 Å². The quantitative estimate of drug-likeness (QED) is 0.922. The Morgan fingerprint density at radius 2 is 2.05 bits per heavy atom. The van der Waals surface area contributed by atoms with E-state index < -0.39 is 0 Å². The van der Waals surface area contributed by atoms with Gasteiger partial charge in [0.15, 0.2) is 0 Å². The van der Waals surface area contributed by atoms with Crippen LogP contribution in [0.25, 0.3) is 11.0 Å². The van der Waals surface area contributed by atoms with Crippen LogP contribution >= 0.6 is 0 Å². The minimum absolute atomic E-state index is 0.614. The standard InChI is InChI=1S/C17H25N3/c1-2-13-7-3-5-9-15(13)20-16-10-6-4-8-14(16)19-17(20)11-12-18/h4,6,8,10,13,15H,2-3,5,7,9,11-12,18H2,1H3. The highest BCUT2D eigenvalue weighted by atomic mass is 15.1. The molecule has 1 aromatic carbocycles. The lowest BCUT2D eigenvalue weighted by molar-refractivity contribution is 0.233. The Balaban J connectivity index is 2.09. The Kier molecular flexibility index (Phi) is 4.06. The molecule has 2 unspecified atom stereocenters. The molecule has 3 heteroatoms. The number of imidazole rings is 1. The molecule has 1 fully saturated rings. The molecule has 3 rings (SSSR count). The van der Waals surface area contributed by atoms with Gasteiger partial charge < -0.3 is 10.3 Å². The second-order valence-electron chi connectivity index (χ2n) is 5.95. The topological polar surface area (TPSA) is 43.8 Å². The zero-order valence-corrected chi connectivity index (χ0v) is 12.4. The summed E-state index contributed by atoms with van der Waals surface area (Å²) in [6.07, 6.45) is 7.51. The predicted molar refractivity (Wildman–Crippen MR) is 83.8 cm³/mol. The van der Waals surface area contributed by atoms with Crippen LogP contribution in [0.5, 0.6) is 0 Å². The number of rotatable bonds is 4. The van der Waals surface area contributed by atoms with Crippen LogP contribution in [0.3, 0.4) is 0 Å². The summed E-state index contributed by atoms with van der Waals surface area (Å²) in [5, 5.41) is 0. The van der Waals surface area contributed by atoms with Crippen molar-refractivity contribution < 1.29 is 0 Å². The largest absolute Gasteiger partial charge is 0.330 e. The van der Waals surface area contributed by atoms with Crippen LogP contribution in [0.4, 0.5) is 0 Å². The number of fused-ring (bicyclic) bond motifs is 1. The summed E-state index contributed by atoms with van der Waals surface area (Å²) >= 11 is 0. The fraction of sp³-hybridized carbons (Fsp3) is 0.588. The van der Waals surface area contributed by atoms with Crippen LogP contribution in [0, 0.1) is 5.92 Å². The van der Waals surface area contributed by atoms with Gasteiger partial charge in [-0.05, 0) is 37.4 Å². The van der Waals surface area contributed by atoms with Crippen molar-refractivity contribution in [2.45, 2.75) is 51.5 Å². The Hall–Kier alpha value is -1.35. The summed E-state index contributed by atoms with van der Waals surface area (Å²) in [5.41, 5.74) is 8.21. The van der Waals surface area contributed by atoms with Gasteiger partial charge in [0.25, 0.3) is 0 Å². The van der Waals surface area contributed by atoms with E-state index in [0.29, 0.717) is 12.6 Å². The van der Waals surface area contributed by atoms with Gasteiger partial charge in [0, 0.05) is 12.5 Å². The molecule has 2 atom stereocenters. The highest BCUT2D eigenvalue weighted by Crippen LogP contribution is 2.38. The van der Waals surface area contributed by atoms with Gasteiger partial charge >= 0.3 is 0 Å². The summed E-state index contributed by atoms with van der Waals surface area (Å²) in [5.74, 6) is 1.97. The number of hydrogen-bond acceptors (Lipinski definition) is 2. The Labute approximate surface area is 121 Å². The average molecular weight is 271 g/mol. The Bertz CT molecular complexity index is 573. The fourth-order valence-corrected chi connectivity index (χ4v) is 3.77. The zero-order chi connectivity index (χ0) is 13.9. The van der Waals surface area contributed by atoms with Gasteiger partial charge in [-0.3, -0.25) is 0 Å². The number of para-hydroxylation sites is 2. The first-order valence-corrected chi connectivity index (χ1v) is 8.01. The van der Waals surface area contributed by atoms with Crippen molar-refractivity contribution in [3.63, 3.8) is 0 Å². The predicted octanol–water partition coefficient (Wildman–Crippen LogP) is 3.68. The third kappa shape index (κ3) is 2.35. The lowest BCUT2D eigenvalue weighted by Crippen LogP contribution is -2.25. The fourth-order valence-electron chi connectivity index (χ4n) is 3.77. The van der Waals surface area contributed by atoms with E-state index in [2.05, 4.69) is 35.8 Å². The van der Waals surface area contributed by atoms with Gasteiger partial charge in [-0.15, -0.1) is 0 Å². The molecule has 0 bridgehead atoms. The van der Waals surface area contributed by atoms with Crippen LogP contribution < -0.4 is 5.73 Å². The van der Waals surface area contributed by atoms with Gasteiger partial charge in [0.1, 0.15) is 5.82 Å². The third-order valence-electron chi connectivity index (χ3n) is 4.76. The SMILES string of the molecule is CCC1CCCCC1n1c(CCN)nc2ccccc21. The van der Waals surface area contributed by atoms with Gasteiger partial charge in [-0.25, -0.2) is 4.98 Å². The van der Waals surface area contributed by atoms with Crippen LogP contribution in [0.15, 0.2) is 24.3 Å². The van der Waals surface area contributed by atoms with Gasteiger partial charge in [0.05, 0.1) is 11.0 Å². The minimum atomic E-state index is 0.614. The first-order chi connectivity index (χ1) is 9.85. The van der Waals surface area contributed by atoms with Crippen LogP contribution in [0.2, 0.25) is 0 Å². The highest BCUT2D eigenvalue weighted by molar-refractivity contribution is 5.76. The molecular formula is C17H25N3. The lowest BCUT2D eigenvalue weighted by atomic mass is 9.82. The molecule has 1 aromatic heterocycles. The highest BCUT2D eigenvalue weighted by Gasteiger charge is 2.28. The molecule has 2 N–H and O–H groups in total. The smallest absolute Gasteiger partial charge is 0.111 e. The van der Waals surface area contributed by atoms with Crippen molar-refractivity contribution in [2.24, 2.45) is 11.7 Å². The van der Waals surface area contributed by atoms with Gasteiger partial charge in [-0.1, -0.05) is 38.3 Å². The van der Waals surface area contributed by atoms with E-state index in [-0.39, 0.29) is 0 Å². The summed E-state index contributed by atoms with van der Waals surface area (Å²) < 4.78 is 2.51. The zero-order valence-electron chi connectivity index (χ0n) is 12.4. The average Bonchev–Trinajstić information content (AvgIpc) is 2.85. The minimum Gasteiger partial charge on any atom is -0.330 e. The molecule has 1 saturated carbocycles. The van der Waals surface area contributed by atoms with Crippen molar-refractivity contribution in [3.05, 3.63) is 30.1 Å². The molecule has 1 heterocycles. The maximum absolute atomic E-state index is 5.79. The maximum atomic E-state index is 5.79. The Morgan fingerprint density at radius 1 is 1.25 bits per heavy atom. The second-order valence-corrected chi connectivity index (χ2v) is 5.95. The van der Waals surface area contributed by atoms with E-state index in [1.165, 1.54) is 43.4 Å². The number of benzene rings is 1. The van der Waals surface area contributed by atoms with Crippen molar-refractivity contribution in [3.8, 4) is 0 Å². The summed E-state index contributed by atoms with van der Waals surface area (Å²) in [4.78, 5) is 4.83. The van der Waals surface area contributed by atoms with Crippen LogP contribution in [-0.4, -0.2) is 16.1 Å². The molecule has 3 nitrogen and oxygen atoms in total. The number of nitrogens with zero attached hydrogens (tertiary/aromatic N) is 2. The summed E-state index contributed by atoms with van der Waals surface area (Å²) in [6.45, 7) is 3.00. The molecule has 0 spiro atoms. The monoisotopic (exact) mass is 271 g/mol. The maximum Gasteiger partial charge on any atom is 0.111 e. The van der Waals surface area contributed by atoms with Gasteiger partial charge in [-0.2, -0.15) is 0 Å². The van der Waals surface area contributed by atoms with E-state index in [9.17, 15) is 0 Å². The number of nitrogens with two attached hydrogens (primary N) is 1. The number of aromatic nitrogens is 2. The first-order valence-electron chi connectivity index (χ1n) is 8.01. The van der Waals surface area contributed by atoms with Crippen molar-refractivity contribution in [1.29, 1.82) is 0 Å². The number of hydrogen-bond donors (Lipinski definition) is 1. The molecule has 0 saturated heterocycles. The van der Waals surface area contributed by atoms with E-state index in [0.717, 1.165) is 17.9 Å². The molecule has 0 radical (unpaired) electrons.